The molecule has 0 bridgehead atoms. The summed E-state index contributed by atoms with van der Waals surface area (Å²) < 4.78 is 6.40. The van der Waals surface area contributed by atoms with Gasteiger partial charge in [-0.05, 0) is 0 Å². The molecule has 1 heterocycles. The third-order valence-electron chi connectivity index (χ3n) is 4.21. The second kappa shape index (κ2) is 6.57. The number of hydrogen-bond acceptors (Lipinski definition) is 2. The van der Waals surface area contributed by atoms with Crippen LogP contribution in [0.1, 0.15) is 18.4 Å². The molecule has 1 atom stereocenters. The first-order valence-electron chi connectivity index (χ1n) is 7.30. The molecule has 1 saturated heterocycles. The zero-order valence-corrected chi connectivity index (χ0v) is 15.6. The number of benzene rings is 2. The summed E-state index contributed by atoms with van der Waals surface area (Å²) in [5.41, 5.74) is 2.80. The first-order chi connectivity index (χ1) is 10.7. The van der Waals surface area contributed by atoms with E-state index in [2.05, 4.69) is 56.2 Å². The Labute approximate surface area is 147 Å². The fraction of sp³-hybridized carbons (Fsp3) is 0.278. The number of carbonyl (C=O) groups excluding carboxylic acids is 1. The number of halogens is 1. The summed E-state index contributed by atoms with van der Waals surface area (Å²) in [7, 11) is 0. The van der Waals surface area contributed by atoms with Crippen LogP contribution in [0, 0.1) is 0 Å². The first kappa shape index (κ1) is 15.8. The standard InChI is InChI=1S/C18H17BrO2Se/c19-16-7-2-5-14(11-16)13-4-1-6-15(10-13)18(12-22)8-3-9-21-17(18)20/h1-2,4-7,10-11,22H,3,8-9,12H2. The van der Waals surface area contributed by atoms with Gasteiger partial charge in [-0.25, -0.2) is 0 Å². The Morgan fingerprint density at radius 1 is 1.14 bits per heavy atom. The number of rotatable bonds is 3. The van der Waals surface area contributed by atoms with Gasteiger partial charge < -0.3 is 0 Å². The summed E-state index contributed by atoms with van der Waals surface area (Å²) in [5, 5.41) is 0.709. The van der Waals surface area contributed by atoms with Crippen LogP contribution in [0.3, 0.4) is 0 Å². The normalized spacial score (nSPS) is 21.5. The van der Waals surface area contributed by atoms with Crippen molar-refractivity contribution in [1.29, 1.82) is 0 Å². The van der Waals surface area contributed by atoms with Gasteiger partial charge >= 0.3 is 147 Å². The minimum absolute atomic E-state index is 0.0919. The van der Waals surface area contributed by atoms with Gasteiger partial charge in [0.05, 0.1) is 0 Å². The van der Waals surface area contributed by atoms with Crippen LogP contribution in [0.4, 0.5) is 0 Å². The van der Waals surface area contributed by atoms with Gasteiger partial charge in [0.2, 0.25) is 0 Å². The quantitative estimate of drug-likeness (QED) is 0.550. The van der Waals surface area contributed by atoms with Crippen molar-refractivity contribution in [2.75, 3.05) is 6.61 Å². The van der Waals surface area contributed by atoms with E-state index in [-0.39, 0.29) is 5.97 Å². The Kier molecular flexibility index (Phi) is 4.72. The van der Waals surface area contributed by atoms with Gasteiger partial charge in [0, 0.05) is 0 Å². The molecule has 1 aliphatic rings. The molecule has 0 N–H and O–H groups in total. The minimum atomic E-state index is -0.514. The second-order valence-corrected chi connectivity index (χ2v) is 7.15. The summed E-state index contributed by atoms with van der Waals surface area (Å²) >= 11 is 6.07. The van der Waals surface area contributed by atoms with E-state index in [4.69, 9.17) is 4.74 Å². The van der Waals surface area contributed by atoms with Gasteiger partial charge in [-0.2, -0.15) is 0 Å². The van der Waals surface area contributed by atoms with Gasteiger partial charge in [-0.3, -0.25) is 0 Å². The summed E-state index contributed by atoms with van der Waals surface area (Å²) in [4.78, 5) is 12.4. The molecule has 0 radical (unpaired) electrons. The van der Waals surface area contributed by atoms with Crippen molar-refractivity contribution in [2.45, 2.75) is 23.6 Å². The molecule has 4 heteroatoms. The van der Waals surface area contributed by atoms with Crippen LogP contribution in [0.5, 0.6) is 0 Å². The summed E-state index contributed by atoms with van der Waals surface area (Å²) in [6.07, 6.45) is 1.77. The molecule has 114 valence electrons. The van der Waals surface area contributed by atoms with Crippen LogP contribution in [0.15, 0.2) is 53.0 Å². The monoisotopic (exact) mass is 424 g/mol. The van der Waals surface area contributed by atoms with Gasteiger partial charge in [-0.15, -0.1) is 0 Å². The van der Waals surface area contributed by atoms with Crippen LogP contribution in [-0.2, 0) is 14.9 Å². The van der Waals surface area contributed by atoms with Crippen LogP contribution in [0.2, 0.25) is 5.32 Å². The molecular weight excluding hydrogens is 407 g/mol. The molecule has 0 aromatic heterocycles. The first-order valence-corrected chi connectivity index (χ1v) is 9.42. The number of cyclic esters (lactones) is 1. The van der Waals surface area contributed by atoms with Crippen molar-refractivity contribution in [3.05, 3.63) is 58.6 Å². The maximum atomic E-state index is 12.4. The summed E-state index contributed by atoms with van der Waals surface area (Å²) in [6.45, 7) is 0.541. The fourth-order valence-corrected chi connectivity index (χ4v) is 4.33. The van der Waals surface area contributed by atoms with Gasteiger partial charge in [0.1, 0.15) is 0 Å². The summed E-state index contributed by atoms with van der Waals surface area (Å²) in [6, 6.07) is 16.5. The number of ether oxygens (including phenoxy) is 1. The Bertz CT molecular complexity index is 701. The van der Waals surface area contributed by atoms with E-state index in [1.807, 2.05) is 24.3 Å². The zero-order valence-electron chi connectivity index (χ0n) is 12.1. The fourth-order valence-electron chi connectivity index (χ4n) is 2.94. The van der Waals surface area contributed by atoms with Crippen molar-refractivity contribution >= 4 is 37.9 Å². The Morgan fingerprint density at radius 3 is 2.55 bits per heavy atom. The van der Waals surface area contributed by atoms with E-state index in [0.29, 0.717) is 11.9 Å². The predicted octanol–water partition coefficient (Wildman–Crippen LogP) is 4.01. The average Bonchev–Trinajstić information content (AvgIpc) is 2.56. The Balaban J connectivity index is 2.05. The average molecular weight is 424 g/mol. The van der Waals surface area contributed by atoms with Crippen LogP contribution in [0.25, 0.3) is 11.1 Å². The Hall–Kier alpha value is -1.09. The van der Waals surface area contributed by atoms with Crippen molar-refractivity contribution in [2.24, 2.45) is 0 Å². The van der Waals surface area contributed by atoms with Crippen molar-refractivity contribution < 1.29 is 9.53 Å². The molecule has 22 heavy (non-hydrogen) atoms. The molecule has 2 aromatic carbocycles. The molecule has 2 aromatic rings. The SMILES string of the molecule is O=C1OCCCC1(C[SeH])c1cccc(-c2cccc(Br)c2)c1. The van der Waals surface area contributed by atoms with Crippen LogP contribution >= 0.6 is 15.9 Å². The van der Waals surface area contributed by atoms with Crippen molar-refractivity contribution in [1.82, 2.24) is 0 Å². The van der Waals surface area contributed by atoms with E-state index in [1.165, 1.54) is 0 Å². The second-order valence-electron chi connectivity index (χ2n) is 5.57. The Morgan fingerprint density at radius 2 is 1.86 bits per heavy atom. The third kappa shape index (κ3) is 2.88. The number of esters is 1. The zero-order chi connectivity index (χ0) is 15.6. The van der Waals surface area contributed by atoms with E-state index < -0.39 is 5.41 Å². The van der Waals surface area contributed by atoms with Crippen LogP contribution in [-0.4, -0.2) is 28.6 Å². The van der Waals surface area contributed by atoms with Gasteiger partial charge in [-0.1, -0.05) is 0 Å². The molecule has 0 spiro atoms. The van der Waals surface area contributed by atoms with E-state index in [9.17, 15) is 4.79 Å². The molecule has 0 aliphatic carbocycles. The summed E-state index contributed by atoms with van der Waals surface area (Å²) in [5.74, 6) is -0.0919. The predicted molar refractivity (Wildman–Crippen MR) is 93.4 cm³/mol. The number of carbonyl (C=O) groups is 1. The maximum absolute atomic E-state index is 12.4. The molecule has 1 aliphatic heterocycles. The molecular formula is C18H17BrO2Se. The topological polar surface area (TPSA) is 26.3 Å². The molecule has 2 nitrogen and oxygen atoms in total. The van der Waals surface area contributed by atoms with E-state index in [0.717, 1.165) is 34.0 Å². The van der Waals surface area contributed by atoms with E-state index in [1.54, 1.807) is 0 Å². The molecule has 3 rings (SSSR count). The van der Waals surface area contributed by atoms with Crippen molar-refractivity contribution in [3.8, 4) is 11.1 Å². The third-order valence-corrected chi connectivity index (χ3v) is 5.84. The molecule has 1 unspecified atom stereocenters. The van der Waals surface area contributed by atoms with Gasteiger partial charge in [0.25, 0.3) is 0 Å². The molecule has 0 amide bonds. The molecule has 0 saturated carbocycles. The van der Waals surface area contributed by atoms with Crippen LogP contribution < -0.4 is 0 Å². The number of hydrogen-bond donors (Lipinski definition) is 0. The van der Waals surface area contributed by atoms with E-state index >= 15 is 0 Å². The van der Waals surface area contributed by atoms with Crippen molar-refractivity contribution in [3.63, 3.8) is 0 Å². The molecule has 1 fully saturated rings. The van der Waals surface area contributed by atoms with Gasteiger partial charge in [0.15, 0.2) is 0 Å².